The molecule has 0 saturated carbocycles. The van der Waals surface area contributed by atoms with Gasteiger partial charge in [-0.25, -0.2) is 4.39 Å². The molecule has 0 saturated heterocycles. The summed E-state index contributed by atoms with van der Waals surface area (Å²) in [5.74, 6) is 5.71. The quantitative estimate of drug-likeness (QED) is 0.634. The van der Waals surface area contributed by atoms with E-state index in [-0.39, 0.29) is 5.82 Å². The van der Waals surface area contributed by atoms with Crippen molar-refractivity contribution < 1.29 is 4.39 Å². The van der Waals surface area contributed by atoms with Gasteiger partial charge in [-0.3, -0.25) is 0 Å². The van der Waals surface area contributed by atoms with E-state index in [1.54, 1.807) is 12.1 Å². The lowest BCUT2D eigenvalue weighted by molar-refractivity contribution is 0.621. The summed E-state index contributed by atoms with van der Waals surface area (Å²) >= 11 is 3.11. The van der Waals surface area contributed by atoms with Gasteiger partial charge in [0.2, 0.25) is 0 Å². The minimum atomic E-state index is -0.290. The number of rotatable bonds is 0. The monoisotopic (exact) mass is 288 g/mol. The molecule has 0 aliphatic heterocycles. The molecule has 0 bridgehead atoms. The van der Waals surface area contributed by atoms with Gasteiger partial charge in [-0.2, -0.15) is 0 Å². The second-order valence-electron chi connectivity index (χ2n) is 3.69. The third-order valence-corrected chi connectivity index (χ3v) is 3.05. The Hall–Kier alpha value is -1.59. The summed E-state index contributed by atoms with van der Waals surface area (Å²) in [5, 5.41) is 0. The Morgan fingerprint density at radius 2 is 1.82 bits per heavy atom. The van der Waals surface area contributed by atoms with E-state index in [0.717, 1.165) is 11.1 Å². The van der Waals surface area contributed by atoms with E-state index < -0.39 is 0 Å². The number of halogens is 2. The van der Waals surface area contributed by atoms with Gasteiger partial charge in [0, 0.05) is 11.1 Å². The van der Waals surface area contributed by atoms with Crippen LogP contribution in [0.25, 0.3) is 0 Å². The van der Waals surface area contributed by atoms with Gasteiger partial charge < -0.3 is 0 Å². The molecule has 0 spiro atoms. The first-order valence-corrected chi connectivity index (χ1v) is 5.99. The second kappa shape index (κ2) is 5.16. The lowest BCUT2D eigenvalue weighted by atomic mass is 10.1. The average molecular weight is 289 g/mol. The summed E-state index contributed by atoms with van der Waals surface area (Å²) in [6.07, 6.45) is 0. The molecule has 0 nitrogen and oxygen atoms in total. The molecule has 0 aliphatic rings. The first kappa shape index (κ1) is 11.9. The van der Waals surface area contributed by atoms with Gasteiger partial charge in [0.05, 0.1) is 4.47 Å². The van der Waals surface area contributed by atoms with Crippen LogP contribution >= 0.6 is 15.9 Å². The normalized spacial score (nSPS) is 9.59. The second-order valence-corrected chi connectivity index (χ2v) is 4.55. The van der Waals surface area contributed by atoms with E-state index in [0.29, 0.717) is 10.0 Å². The predicted molar refractivity (Wildman–Crippen MR) is 71.3 cm³/mol. The number of hydrogen-bond donors (Lipinski definition) is 0. The van der Waals surface area contributed by atoms with Crippen molar-refractivity contribution in [2.45, 2.75) is 6.92 Å². The Kier molecular flexibility index (Phi) is 3.61. The van der Waals surface area contributed by atoms with Crippen molar-refractivity contribution in [2.75, 3.05) is 0 Å². The molecule has 17 heavy (non-hydrogen) atoms. The zero-order chi connectivity index (χ0) is 12.3. The Labute approximate surface area is 109 Å². The molecule has 0 N–H and O–H groups in total. The molecule has 0 amide bonds. The van der Waals surface area contributed by atoms with Crippen molar-refractivity contribution in [3.8, 4) is 11.8 Å². The predicted octanol–water partition coefficient (Wildman–Crippen LogP) is 4.30. The molecule has 0 atom stereocenters. The Balaban J connectivity index is 2.33. The molecule has 2 rings (SSSR count). The maximum absolute atomic E-state index is 13.3. The summed E-state index contributed by atoms with van der Waals surface area (Å²) in [6.45, 7) is 2.01. The molecule has 2 heteroatoms. The van der Waals surface area contributed by atoms with Crippen LogP contribution in [-0.4, -0.2) is 0 Å². The van der Waals surface area contributed by atoms with E-state index in [4.69, 9.17) is 0 Å². The highest BCUT2D eigenvalue weighted by Crippen LogP contribution is 2.16. The molecule has 0 fully saturated rings. The average Bonchev–Trinajstić information content (AvgIpc) is 2.32. The van der Waals surface area contributed by atoms with Crippen molar-refractivity contribution >= 4 is 15.9 Å². The summed E-state index contributed by atoms with van der Waals surface area (Å²) in [4.78, 5) is 0. The molecule has 2 aromatic rings. The molecular formula is C15H10BrF. The van der Waals surface area contributed by atoms with Crippen molar-refractivity contribution in [1.29, 1.82) is 0 Å². The molecule has 2 aromatic carbocycles. The van der Waals surface area contributed by atoms with Gasteiger partial charge in [0.1, 0.15) is 5.82 Å². The summed E-state index contributed by atoms with van der Waals surface area (Å²) in [5.41, 5.74) is 2.77. The summed E-state index contributed by atoms with van der Waals surface area (Å²) in [6, 6.07) is 12.8. The lowest BCUT2D eigenvalue weighted by Gasteiger charge is -1.96. The van der Waals surface area contributed by atoms with Crippen LogP contribution < -0.4 is 0 Å². The molecule has 0 aromatic heterocycles. The Bertz CT molecular complexity index is 606. The number of aryl methyl sites for hydroxylation is 1. The standard InChI is InChI=1S/C15H10BrF/c1-11-4-2-3-5-13(11)8-6-12-7-9-14(16)15(17)10-12/h2-5,7,9-10H,1H3. The van der Waals surface area contributed by atoms with Crippen LogP contribution in [0.5, 0.6) is 0 Å². The molecule has 0 unspecified atom stereocenters. The van der Waals surface area contributed by atoms with Crippen LogP contribution in [0, 0.1) is 24.6 Å². The zero-order valence-corrected chi connectivity index (χ0v) is 10.9. The summed E-state index contributed by atoms with van der Waals surface area (Å²) < 4.78 is 13.7. The number of hydrogen-bond acceptors (Lipinski definition) is 0. The topological polar surface area (TPSA) is 0 Å². The van der Waals surface area contributed by atoms with Gasteiger partial charge in [-0.05, 0) is 52.7 Å². The van der Waals surface area contributed by atoms with E-state index in [9.17, 15) is 4.39 Å². The summed E-state index contributed by atoms with van der Waals surface area (Å²) in [7, 11) is 0. The Morgan fingerprint density at radius 1 is 1.06 bits per heavy atom. The molecule has 84 valence electrons. The SMILES string of the molecule is Cc1ccccc1C#Cc1ccc(Br)c(F)c1. The maximum atomic E-state index is 13.3. The van der Waals surface area contributed by atoms with Crippen LogP contribution in [0.2, 0.25) is 0 Å². The minimum Gasteiger partial charge on any atom is -0.206 e. The van der Waals surface area contributed by atoms with Crippen LogP contribution in [0.3, 0.4) is 0 Å². The van der Waals surface area contributed by atoms with Crippen molar-refractivity contribution in [3.63, 3.8) is 0 Å². The van der Waals surface area contributed by atoms with E-state index >= 15 is 0 Å². The van der Waals surface area contributed by atoms with Crippen LogP contribution in [0.15, 0.2) is 46.9 Å². The van der Waals surface area contributed by atoms with E-state index in [2.05, 4.69) is 27.8 Å². The van der Waals surface area contributed by atoms with Crippen LogP contribution in [-0.2, 0) is 0 Å². The highest BCUT2D eigenvalue weighted by atomic mass is 79.9. The van der Waals surface area contributed by atoms with Crippen molar-refractivity contribution in [2.24, 2.45) is 0 Å². The smallest absolute Gasteiger partial charge is 0.138 e. The van der Waals surface area contributed by atoms with E-state index in [1.165, 1.54) is 6.07 Å². The minimum absolute atomic E-state index is 0.290. The van der Waals surface area contributed by atoms with Gasteiger partial charge in [0.15, 0.2) is 0 Å². The molecule has 0 radical (unpaired) electrons. The molecule has 0 aliphatic carbocycles. The fourth-order valence-corrected chi connectivity index (χ4v) is 1.67. The highest BCUT2D eigenvalue weighted by Gasteiger charge is 1.98. The van der Waals surface area contributed by atoms with E-state index in [1.807, 2.05) is 31.2 Å². The largest absolute Gasteiger partial charge is 0.206 e. The van der Waals surface area contributed by atoms with Crippen molar-refractivity contribution in [1.82, 2.24) is 0 Å². The van der Waals surface area contributed by atoms with Gasteiger partial charge in [-0.15, -0.1) is 0 Å². The fraction of sp³-hybridized carbons (Fsp3) is 0.0667. The van der Waals surface area contributed by atoms with Gasteiger partial charge in [-0.1, -0.05) is 30.0 Å². The molecule has 0 heterocycles. The van der Waals surface area contributed by atoms with Gasteiger partial charge in [0.25, 0.3) is 0 Å². The first-order chi connectivity index (χ1) is 8.16. The third kappa shape index (κ3) is 2.95. The van der Waals surface area contributed by atoms with Crippen LogP contribution in [0.1, 0.15) is 16.7 Å². The van der Waals surface area contributed by atoms with Crippen LogP contribution in [0.4, 0.5) is 4.39 Å². The van der Waals surface area contributed by atoms with Crippen molar-refractivity contribution in [3.05, 3.63) is 69.4 Å². The highest BCUT2D eigenvalue weighted by molar-refractivity contribution is 9.10. The molecular weight excluding hydrogens is 279 g/mol. The van der Waals surface area contributed by atoms with Gasteiger partial charge >= 0.3 is 0 Å². The number of benzene rings is 2. The fourth-order valence-electron chi connectivity index (χ4n) is 1.43. The Morgan fingerprint density at radius 3 is 2.53 bits per heavy atom. The maximum Gasteiger partial charge on any atom is 0.138 e. The third-order valence-electron chi connectivity index (χ3n) is 2.41. The zero-order valence-electron chi connectivity index (χ0n) is 9.30. The first-order valence-electron chi connectivity index (χ1n) is 5.19. The lowest BCUT2D eigenvalue weighted by Crippen LogP contribution is -1.82.